The molecule has 1 heterocycles. The van der Waals surface area contributed by atoms with Gasteiger partial charge in [0.1, 0.15) is 0 Å². The maximum absolute atomic E-state index is 6.28. The summed E-state index contributed by atoms with van der Waals surface area (Å²) in [7, 11) is 0. The summed E-state index contributed by atoms with van der Waals surface area (Å²) in [6.07, 6.45) is 0. The second-order valence-electron chi connectivity index (χ2n) is 6.38. The van der Waals surface area contributed by atoms with E-state index in [1.807, 2.05) is 0 Å². The van der Waals surface area contributed by atoms with Crippen LogP contribution in [0.2, 0.25) is 0 Å². The van der Waals surface area contributed by atoms with Crippen molar-refractivity contribution in [1.29, 1.82) is 0 Å². The monoisotopic (exact) mass is 275 g/mol. The predicted molar refractivity (Wildman–Crippen MR) is 85.9 cm³/mol. The highest BCUT2D eigenvalue weighted by Crippen LogP contribution is 2.25. The lowest BCUT2D eigenvalue weighted by molar-refractivity contribution is 0.0705. The third kappa shape index (κ3) is 3.60. The molecule has 3 nitrogen and oxygen atoms in total. The molecule has 2 atom stereocenters. The molecule has 1 saturated heterocycles. The molecule has 0 aromatic heterocycles. The molecule has 0 aliphatic carbocycles. The van der Waals surface area contributed by atoms with Crippen molar-refractivity contribution in [3.8, 4) is 0 Å². The van der Waals surface area contributed by atoms with E-state index in [-0.39, 0.29) is 6.04 Å². The van der Waals surface area contributed by atoms with E-state index in [0.717, 1.165) is 26.2 Å². The van der Waals surface area contributed by atoms with Crippen LogP contribution in [0, 0.1) is 6.92 Å². The van der Waals surface area contributed by atoms with E-state index < -0.39 is 0 Å². The first kappa shape index (κ1) is 15.5. The number of rotatable bonds is 4. The maximum atomic E-state index is 6.28. The quantitative estimate of drug-likeness (QED) is 0.916. The van der Waals surface area contributed by atoms with Gasteiger partial charge in [0.2, 0.25) is 0 Å². The van der Waals surface area contributed by atoms with Crippen LogP contribution in [-0.4, -0.2) is 48.1 Å². The third-order valence-corrected chi connectivity index (χ3v) is 4.39. The van der Waals surface area contributed by atoms with Gasteiger partial charge < -0.3 is 5.73 Å². The van der Waals surface area contributed by atoms with Crippen molar-refractivity contribution in [3.05, 3.63) is 35.4 Å². The summed E-state index contributed by atoms with van der Waals surface area (Å²) < 4.78 is 0. The van der Waals surface area contributed by atoms with Gasteiger partial charge in [-0.1, -0.05) is 29.8 Å². The Balaban J connectivity index is 2.09. The average Bonchev–Trinajstić information content (AvgIpc) is 2.41. The van der Waals surface area contributed by atoms with Crippen LogP contribution in [0.5, 0.6) is 0 Å². The van der Waals surface area contributed by atoms with Crippen LogP contribution in [0.25, 0.3) is 0 Å². The van der Waals surface area contributed by atoms with Crippen molar-refractivity contribution in [1.82, 2.24) is 9.80 Å². The van der Waals surface area contributed by atoms with E-state index >= 15 is 0 Å². The SMILES string of the molecule is Cc1ccc(C(C(C)N)N2CCN(C(C)C)CC2)cc1. The summed E-state index contributed by atoms with van der Waals surface area (Å²) >= 11 is 0. The Morgan fingerprint density at radius 3 is 1.85 bits per heavy atom. The molecule has 0 bridgehead atoms. The lowest BCUT2D eigenvalue weighted by atomic mass is 9.97. The highest BCUT2D eigenvalue weighted by molar-refractivity contribution is 5.25. The Morgan fingerprint density at radius 2 is 1.40 bits per heavy atom. The van der Waals surface area contributed by atoms with Gasteiger partial charge in [-0.25, -0.2) is 0 Å². The summed E-state index contributed by atoms with van der Waals surface area (Å²) in [4.78, 5) is 5.10. The third-order valence-electron chi connectivity index (χ3n) is 4.39. The molecule has 1 aliphatic rings. The topological polar surface area (TPSA) is 32.5 Å². The number of hydrogen-bond donors (Lipinski definition) is 1. The lowest BCUT2D eigenvalue weighted by Crippen LogP contribution is -2.52. The van der Waals surface area contributed by atoms with Crippen LogP contribution in [0.4, 0.5) is 0 Å². The van der Waals surface area contributed by atoms with Crippen molar-refractivity contribution in [2.24, 2.45) is 5.73 Å². The molecule has 112 valence electrons. The minimum Gasteiger partial charge on any atom is -0.326 e. The van der Waals surface area contributed by atoms with Gasteiger partial charge in [0.05, 0.1) is 0 Å². The summed E-state index contributed by atoms with van der Waals surface area (Å²) in [6.45, 7) is 13.3. The van der Waals surface area contributed by atoms with Crippen molar-refractivity contribution >= 4 is 0 Å². The van der Waals surface area contributed by atoms with E-state index in [0.29, 0.717) is 12.1 Å². The van der Waals surface area contributed by atoms with E-state index in [4.69, 9.17) is 5.73 Å². The predicted octanol–water partition coefficient (Wildman–Crippen LogP) is 2.41. The summed E-state index contributed by atoms with van der Waals surface area (Å²) in [5.41, 5.74) is 8.93. The number of piperazine rings is 1. The van der Waals surface area contributed by atoms with Crippen LogP contribution in [0.3, 0.4) is 0 Å². The zero-order valence-electron chi connectivity index (χ0n) is 13.3. The van der Waals surface area contributed by atoms with Crippen molar-refractivity contribution in [3.63, 3.8) is 0 Å². The second-order valence-corrected chi connectivity index (χ2v) is 6.38. The van der Waals surface area contributed by atoms with Gasteiger partial charge in [0.25, 0.3) is 0 Å². The molecule has 1 aromatic rings. The van der Waals surface area contributed by atoms with Crippen LogP contribution < -0.4 is 5.73 Å². The van der Waals surface area contributed by atoms with Gasteiger partial charge in [-0.2, -0.15) is 0 Å². The zero-order valence-corrected chi connectivity index (χ0v) is 13.3. The number of hydrogen-bond acceptors (Lipinski definition) is 3. The van der Waals surface area contributed by atoms with Crippen LogP contribution in [0.15, 0.2) is 24.3 Å². The van der Waals surface area contributed by atoms with Gasteiger partial charge in [0.15, 0.2) is 0 Å². The van der Waals surface area contributed by atoms with Crippen molar-refractivity contribution in [2.75, 3.05) is 26.2 Å². The van der Waals surface area contributed by atoms with E-state index in [2.05, 4.69) is 61.8 Å². The Morgan fingerprint density at radius 1 is 0.900 bits per heavy atom. The first-order valence-electron chi connectivity index (χ1n) is 7.79. The number of nitrogens with zero attached hydrogens (tertiary/aromatic N) is 2. The zero-order chi connectivity index (χ0) is 14.7. The molecule has 2 N–H and O–H groups in total. The minimum atomic E-state index is 0.156. The molecule has 0 amide bonds. The number of nitrogens with two attached hydrogens (primary N) is 1. The smallest absolute Gasteiger partial charge is 0.0497 e. The van der Waals surface area contributed by atoms with Gasteiger partial charge in [-0.3, -0.25) is 9.80 Å². The molecule has 0 saturated carbocycles. The first-order valence-corrected chi connectivity index (χ1v) is 7.79. The van der Waals surface area contributed by atoms with Gasteiger partial charge in [-0.05, 0) is 33.3 Å². The van der Waals surface area contributed by atoms with Crippen molar-refractivity contribution in [2.45, 2.75) is 45.8 Å². The molecule has 20 heavy (non-hydrogen) atoms. The second kappa shape index (κ2) is 6.70. The molecule has 1 aliphatic heterocycles. The largest absolute Gasteiger partial charge is 0.326 e. The van der Waals surface area contributed by atoms with E-state index in [1.165, 1.54) is 11.1 Å². The molecule has 0 spiro atoms. The van der Waals surface area contributed by atoms with Gasteiger partial charge >= 0.3 is 0 Å². The lowest BCUT2D eigenvalue weighted by Gasteiger charge is -2.42. The van der Waals surface area contributed by atoms with Gasteiger partial charge in [0, 0.05) is 44.3 Å². The first-order chi connectivity index (χ1) is 9.49. The van der Waals surface area contributed by atoms with Crippen LogP contribution in [-0.2, 0) is 0 Å². The number of aryl methyl sites for hydroxylation is 1. The van der Waals surface area contributed by atoms with Gasteiger partial charge in [-0.15, -0.1) is 0 Å². The molecule has 2 rings (SSSR count). The minimum absolute atomic E-state index is 0.156. The summed E-state index contributed by atoms with van der Waals surface area (Å²) in [5, 5.41) is 0. The molecule has 3 heteroatoms. The highest BCUT2D eigenvalue weighted by atomic mass is 15.3. The Labute approximate surface area is 123 Å². The average molecular weight is 275 g/mol. The van der Waals surface area contributed by atoms with Crippen molar-refractivity contribution < 1.29 is 0 Å². The summed E-state index contributed by atoms with van der Waals surface area (Å²) in [5.74, 6) is 0. The molecule has 0 radical (unpaired) electrons. The fraction of sp³-hybridized carbons (Fsp3) is 0.647. The molecular formula is C17H29N3. The molecule has 2 unspecified atom stereocenters. The molecule has 1 fully saturated rings. The number of benzene rings is 1. The maximum Gasteiger partial charge on any atom is 0.0497 e. The molecule has 1 aromatic carbocycles. The van der Waals surface area contributed by atoms with E-state index in [1.54, 1.807) is 0 Å². The molecular weight excluding hydrogens is 246 g/mol. The van der Waals surface area contributed by atoms with Crippen LogP contribution >= 0.6 is 0 Å². The Kier molecular flexibility index (Phi) is 5.19. The Hall–Kier alpha value is -0.900. The van der Waals surface area contributed by atoms with Crippen LogP contribution in [0.1, 0.15) is 37.9 Å². The van der Waals surface area contributed by atoms with E-state index in [9.17, 15) is 0 Å². The Bertz CT molecular complexity index is 403. The fourth-order valence-electron chi connectivity index (χ4n) is 3.14. The highest BCUT2D eigenvalue weighted by Gasteiger charge is 2.28. The fourth-order valence-corrected chi connectivity index (χ4v) is 3.14. The summed E-state index contributed by atoms with van der Waals surface area (Å²) in [6, 6.07) is 9.99. The normalized spacial score (nSPS) is 21.1. The standard InChI is InChI=1S/C17H29N3/c1-13(2)19-9-11-20(12-10-19)17(15(4)18)16-7-5-14(3)6-8-16/h5-8,13,15,17H,9-12,18H2,1-4H3.